The van der Waals surface area contributed by atoms with E-state index < -0.39 is 0 Å². The van der Waals surface area contributed by atoms with Crippen LogP contribution in [0, 0.1) is 0 Å². The number of ether oxygens (including phenoxy) is 1. The first-order valence-electron chi connectivity index (χ1n) is 7.42. The van der Waals surface area contributed by atoms with E-state index in [2.05, 4.69) is 11.9 Å². The average molecular weight is 292 g/mol. The van der Waals surface area contributed by atoms with Gasteiger partial charge >= 0.3 is 0 Å². The number of para-hydroxylation sites is 1. The molecule has 0 aliphatic rings. The fourth-order valence-corrected chi connectivity index (χ4v) is 2.41. The fraction of sp³-hybridized carbons (Fsp3) is 0.471. The van der Waals surface area contributed by atoms with Gasteiger partial charge in [-0.1, -0.05) is 44.7 Å². The van der Waals surface area contributed by atoms with Crippen LogP contribution in [0.4, 0.5) is 0 Å². The van der Waals surface area contributed by atoms with Crippen LogP contribution in [0.15, 0.2) is 30.3 Å². The number of aromatic nitrogens is 1. The summed E-state index contributed by atoms with van der Waals surface area (Å²) in [5, 5.41) is 1.06. The average Bonchev–Trinajstić information content (AvgIpc) is 2.50. The first-order valence-corrected chi connectivity index (χ1v) is 7.96. The highest BCUT2D eigenvalue weighted by atomic mass is 35.5. The second kappa shape index (κ2) is 8.11. The number of hydrogen-bond acceptors (Lipinski definition) is 2. The van der Waals surface area contributed by atoms with E-state index >= 15 is 0 Å². The Kier molecular flexibility index (Phi) is 6.13. The number of nitrogens with zero attached hydrogens (tertiary/aromatic N) is 1. The van der Waals surface area contributed by atoms with Gasteiger partial charge in [-0.2, -0.15) is 0 Å². The molecular weight excluding hydrogens is 270 g/mol. The van der Waals surface area contributed by atoms with E-state index in [1.807, 2.05) is 30.3 Å². The van der Waals surface area contributed by atoms with Gasteiger partial charge in [0.1, 0.15) is 5.75 Å². The van der Waals surface area contributed by atoms with E-state index in [-0.39, 0.29) is 0 Å². The maximum absolute atomic E-state index is 5.94. The van der Waals surface area contributed by atoms with Crippen LogP contribution in [-0.4, -0.2) is 11.6 Å². The number of alkyl halides is 1. The van der Waals surface area contributed by atoms with Crippen molar-refractivity contribution in [3.8, 4) is 5.75 Å². The minimum atomic E-state index is 0.414. The molecule has 1 aromatic carbocycles. The van der Waals surface area contributed by atoms with E-state index in [1.54, 1.807) is 0 Å². The summed E-state index contributed by atoms with van der Waals surface area (Å²) in [6.45, 7) is 2.99. The summed E-state index contributed by atoms with van der Waals surface area (Å²) in [6, 6.07) is 10.0. The molecule has 20 heavy (non-hydrogen) atoms. The maximum Gasteiger partial charge on any atom is 0.130 e. The molecule has 3 heteroatoms. The Balaban J connectivity index is 2.01. The van der Waals surface area contributed by atoms with Crippen LogP contribution in [0.1, 0.15) is 44.7 Å². The number of hydrogen-bond donors (Lipinski definition) is 0. The molecule has 0 aliphatic carbocycles. The van der Waals surface area contributed by atoms with Crippen LogP contribution >= 0.6 is 11.6 Å². The van der Waals surface area contributed by atoms with Crippen LogP contribution in [0.25, 0.3) is 10.9 Å². The van der Waals surface area contributed by atoms with Gasteiger partial charge in [0.2, 0.25) is 0 Å². The van der Waals surface area contributed by atoms with Crippen LogP contribution < -0.4 is 4.74 Å². The minimum absolute atomic E-state index is 0.414. The van der Waals surface area contributed by atoms with E-state index in [0.717, 1.165) is 35.4 Å². The van der Waals surface area contributed by atoms with Crippen molar-refractivity contribution in [1.29, 1.82) is 0 Å². The van der Waals surface area contributed by atoms with Crippen molar-refractivity contribution in [2.24, 2.45) is 0 Å². The lowest BCUT2D eigenvalue weighted by Crippen LogP contribution is -2.00. The van der Waals surface area contributed by atoms with Crippen LogP contribution in [0.2, 0.25) is 0 Å². The highest BCUT2D eigenvalue weighted by Crippen LogP contribution is 2.26. The molecule has 0 bridgehead atoms. The SMILES string of the molecule is CCCCCCCOc1cc(CCl)nc2ccccc12. The number of benzene rings is 1. The van der Waals surface area contributed by atoms with Gasteiger partial charge in [0.05, 0.1) is 23.7 Å². The Bertz CT molecular complexity index is 542. The molecule has 1 aromatic heterocycles. The molecule has 2 aromatic rings. The Labute approximate surface area is 126 Å². The molecule has 0 saturated heterocycles. The molecular formula is C17H22ClNO. The van der Waals surface area contributed by atoms with Crippen molar-refractivity contribution >= 4 is 22.5 Å². The molecule has 1 heterocycles. The van der Waals surface area contributed by atoms with Gasteiger partial charge in [-0.3, -0.25) is 4.98 Å². The van der Waals surface area contributed by atoms with Gasteiger partial charge in [-0.05, 0) is 18.6 Å². The van der Waals surface area contributed by atoms with Gasteiger partial charge in [0.25, 0.3) is 0 Å². The number of fused-ring (bicyclic) bond motifs is 1. The molecule has 0 aliphatic heterocycles. The summed E-state index contributed by atoms with van der Waals surface area (Å²) in [6.07, 6.45) is 6.22. The summed E-state index contributed by atoms with van der Waals surface area (Å²) in [4.78, 5) is 4.51. The Morgan fingerprint density at radius 2 is 1.90 bits per heavy atom. The molecule has 0 amide bonds. The lowest BCUT2D eigenvalue weighted by atomic mass is 10.1. The molecule has 0 radical (unpaired) electrons. The van der Waals surface area contributed by atoms with Crippen LogP contribution in [-0.2, 0) is 5.88 Å². The normalized spacial score (nSPS) is 10.9. The largest absolute Gasteiger partial charge is 0.493 e. The predicted molar refractivity (Wildman–Crippen MR) is 85.6 cm³/mol. The van der Waals surface area contributed by atoms with Crippen molar-refractivity contribution in [2.45, 2.75) is 44.9 Å². The first-order chi connectivity index (χ1) is 9.85. The minimum Gasteiger partial charge on any atom is -0.493 e. The molecule has 0 unspecified atom stereocenters. The third kappa shape index (κ3) is 4.11. The topological polar surface area (TPSA) is 22.1 Å². The van der Waals surface area contributed by atoms with E-state index in [0.29, 0.717) is 5.88 Å². The number of rotatable bonds is 8. The van der Waals surface area contributed by atoms with Crippen molar-refractivity contribution in [1.82, 2.24) is 4.98 Å². The molecule has 0 saturated carbocycles. The number of halogens is 1. The number of unbranched alkanes of at least 4 members (excludes halogenated alkanes) is 4. The van der Waals surface area contributed by atoms with Gasteiger partial charge in [0, 0.05) is 11.5 Å². The summed E-state index contributed by atoms with van der Waals surface area (Å²) in [5.74, 6) is 1.32. The maximum atomic E-state index is 5.94. The lowest BCUT2D eigenvalue weighted by molar-refractivity contribution is 0.307. The quantitative estimate of drug-likeness (QED) is 0.485. The molecule has 0 fully saturated rings. The summed E-state index contributed by atoms with van der Waals surface area (Å²) in [7, 11) is 0. The van der Waals surface area contributed by atoms with Crippen molar-refractivity contribution < 1.29 is 4.74 Å². The Morgan fingerprint density at radius 1 is 1.10 bits per heavy atom. The smallest absolute Gasteiger partial charge is 0.130 e. The first kappa shape index (κ1) is 15.1. The van der Waals surface area contributed by atoms with Gasteiger partial charge in [0.15, 0.2) is 0 Å². The highest BCUT2D eigenvalue weighted by Gasteiger charge is 2.06. The summed E-state index contributed by atoms with van der Waals surface area (Å²) >= 11 is 5.90. The molecule has 0 spiro atoms. The third-order valence-electron chi connectivity index (χ3n) is 3.37. The monoisotopic (exact) mass is 291 g/mol. The van der Waals surface area contributed by atoms with E-state index in [4.69, 9.17) is 16.3 Å². The Morgan fingerprint density at radius 3 is 2.70 bits per heavy atom. The van der Waals surface area contributed by atoms with E-state index in [9.17, 15) is 0 Å². The number of pyridine rings is 1. The van der Waals surface area contributed by atoms with Crippen molar-refractivity contribution in [3.05, 3.63) is 36.0 Å². The highest BCUT2D eigenvalue weighted by molar-refractivity contribution is 6.17. The second-order valence-corrected chi connectivity index (χ2v) is 5.29. The molecule has 2 nitrogen and oxygen atoms in total. The zero-order valence-electron chi connectivity index (χ0n) is 12.1. The second-order valence-electron chi connectivity index (χ2n) is 5.03. The Hall–Kier alpha value is -1.28. The van der Waals surface area contributed by atoms with Gasteiger partial charge in [-0.25, -0.2) is 0 Å². The van der Waals surface area contributed by atoms with Crippen molar-refractivity contribution in [2.75, 3.05) is 6.61 Å². The van der Waals surface area contributed by atoms with Crippen LogP contribution in [0.3, 0.4) is 0 Å². The molecule has 108 valence electrons. The van der Waals surface area contributed by atoms with Crippen LogP contribution in [0.5, 0.6) is 5.75 Å². The zero-order chi connectivity index (χ0) is 14.2. The predicted octanol–water partition coefficient (Wildman–Crippen LogP) is 5.32. The molecule has 0 atom stereocenters. The lowest BCUT2D eigenvalue weighted by Gasteiger charge is -2.10. The summed E-state index contributed by atoms with van der Waals surface area (Å²) in [5.41, 5.74) is 1.82. The zero-order valence-corrected chi connectivity index (χ0v) is 12.8. The standard InChI is InChI=1S/C17H22ClNO/c1-2-3-4-5-8-11-20-17-12-14(13-18)19-16-10-7-6-9-15(16)17/h6-7,9-10,12H,2-5,8,11,13H2,1H3. The summed E-state index contributed by atoms with van der Waals surface area (Å²) < 4.78 is 5.94. The van der Waals surface area contributed by atoms with Crippen molar-refractivity contribution in [3.63, 3.8) is 0 Å². The third-order valence-corrected chi connectivity index (χ3v) is 3.65. The van der Waals surface area contributed by atoms with Gasteiger partial charge in [-0.15, -0.1) is 11.6 Å². The molecule has 2 rings (SSSR count). The van der Waals surface area contributed by atoms with Gasteiger partial charge < -0.3 is 4.74 Å². The fourth-order valence-electron chi connectivity index (χ4n) is 2.27. The van der Waals surface area contributed by atoms with E-state index in [1.165, 1.54) is 25.7 Å². The molecule has 0 N–H and O–H groups in total.